The van der Waals surface area contributed by atoms with Crippen molar-refractivity contribution in [1.82, 2.24) is 0 Å². The van der Waals surface area contributed by atoms with E-state index < -0.39 is 24.1 Å². The first-order valence-corrected chi connectivity index (χ1v) is 10.0. The van der Waals surface area contributed by atoms with Crippen LogP contribution < -0.4 is 4.74 Å². The fourth-order valence-corrected chi connectivity index (χ4v) is 3.12. The van der Waals surface area contributed by atoms with E-state index >= 15 is 0 Å². The maximum atomic E-state index is 11.6. The van der Waals surface area contributed by atoms with Crippen molar-refractivity contribution >= 4 is 41.2 Å². The Balaban J connectivity index is 2.76. The largest absolute Gasteiger partial charge is 0.491 e. The smallest absolute Gasteiger partial charge is 0.261 e. The molecule has 1 aromatic carbocycles. The van der Waals surface area contributed by atoms with Gasteiger partial charge in [0.1, 0.15) is 12.4 Å². The summed E-state index contributed by atoms with van der Waals surface area (Å²) >= 11 is 5.85. The highest BCUT2D eigenvalue weighted by molar-refractivity contribution is 8.13. The van der Waals surface area contributed by atoms with Gasteiger partial charge in [-0.1, -0.05) is 11.6 Å². The Kier molecular flexibility index (Phi) is 5.71. The van der Waals surface area contributed by atoms with Crippen LogP contribution in [0.5, 0.6) is 5.75 Å². The highest BCUT2D eigenvalue weighted by Gasteiger charge is 2.17. The van der Waals surface area contributed by atoms with Gasteiger partial charge in [0.25, 0.3) is 9.05 Å². The second-order valence-electron chi connectivity index (χ2n) is 4.29. The van der Waals surface area contributed by atoms with Crippen LogP contribution >= 0.6 is 22.3 Å². The Hall–Kier alpha value is -0.500. The molecule has 0 aliphatic rings. The van der Waals surface area contributed by atoms with Crippen molar-refractivity contribution in [2.75, 3.05) is 12.4 Å². The molecule has 9 heteroatoms. The van der Waals surface area contributed by atoms with Crippen molar-refractivity contribution in [3.8, 4) is 5.75 Å². The van der Waals surface area contributed by atoms with Crippen molar-refractivity contribution < 1.29 is 21.6 Å². The van der Waals surface area contributed by atoms with Crippen LogP contribution in [0.2, 0.25) is 5.02 Å². The minimum absolute atomic E-state index is 0.0497. The molecule has 0 aliphatic carbocycles. The van der Waals surface area contributed by atoms with Crippen LogP contribution in [-0.2, 0) is 18.9 Å². The van der Waals surface area contributed by atoms with Crippen molar-refractivity contribution in [3.63, 3.8) is 0 Å². The molecule has 1 aromatic rings. The number of ether oxygens (including phenoxy) is 1. The minimum Gasteiger partial charge on any atom is -0.491 e. The summed E-state index contributed by atoms with van der Waals surface area (Å²) in [5.41, 5.74) is 0. The van der Waals surface area contributed by atoms with Gasteiger partial charge in [-0.05, 0) is 32.0 Å². The van der Waals surface area contributed by atoms with Crippen LogP contribution in [0.4, 0.5) is 0 Å². The summed E-state index contributed by atoms with van der Waals surface area (Å²) in [5, 5.41) is -0.431. The first kappa shape index (κ1) is 17.6. The number of sulfone groups is 1. The lowest BCUT2D eigenvalue weighted by atomic mass is 10.3. The van der Waals surface area contributed by atoms with E-state index in [1.807, 2.05) is 0 Å². The monoisotopic (exact) mass is 360 g/mol. The molecule has 1 rings (SSSR count). The molecule has 0 aromatic heterocycles. The molecule has 0 fully saturated rings. The third kappa shape index (κ3) is 4.80. The van der Waals surface area contributed by atoms with Gasteiger partial charge in [0, 0.05) is 10.7 Å². The van der Waals surface area contributed by atoms with Gasteiger partial charge in [-0.25, -0.2) is 16.8 Å². The zero-order chi connectivity index (χ0) is 15.6. The Morgan fingerprint density at radius 3 is 2.25 bits per heavy atom. The molecule has 0 saturated heterocycles. The average molecular weight is 361 g/mol. The average Bonchev–Trinajstić information content (AvgIpc) is 2.29. The Morgan fingerprint density at radius 2 is 1.80 bits per heavy atom. The lowest BCUT2D eigenvalue weighted by Crippen LogP contribution is -2.22. The number of rotatable bonds is 6. The Bertz CT molecular complexity index is 681. The van der Waals surface area contributed by atoms with Crippen LogP contribution in [0.1, 0.15) is 13.8 Å². The molecule has 0 unspecified atom stereocenters. The van der Waals surface area contributed by atoms with Crippen LogP contribution in [0.15, 0.2) is 23.1 Å². The van der Waals surface area contributed by atoms with Crippen molar-refractivity contribution in [2.45, 2.75) is 24.0 Å². The molecular formula is C11H14Cl2O5S2. The predicted octanol–water partition coefficient (Wildman–Crippen LogP) is 2.47. The van der Waals surface area contributed by atoms with Crippen LogP contribution in [0.3, 0.4) is 0 Å². The quantitative estimate of drug-likeness (QED) is 0.728. The highest BCUT2D eigenvalue weighted by Crippen LogP contribution is 2.28. The molecule has 0 saturated carbocycles. The van der Waals surface area contributed by atoms with Crippen LogP contribution in [-0.4, -0.2) is 34.4 Å². The summed E-state index contributed by atoms with van der Waals surface area (Å²) in [6.45, 7) is 3.11. The van der Waals surface area contributed by atoms with Gasteiger partial charge in [0.05, 0.1) is 20.9 Å². The van der Waals surface area contributed by atoms with Crippen molar-refractivity contribution in [2.24, 2.45) is 0 Å². The van der Waals surface area contributed by atoms with Crippen molar-refractivity contribution in [1.29, 1.82) is 0 Å². The van der Waals surface area contributed by atoms with Gasteiger partial charge in [-0.15, -0.1) is 0 Å². The maximum absolute atomic E-state index is 11.6. The number of hydrogen-bond acceptors (Lipinski definition) is 5. The highest BCUT2D eigenvalue weighted by atomic mass is 35.7. The number of benzene rings is 1. The van der Waals surface area contributed by atoms with E-state index in [9.17, 15) is 16.8 Å². The summed E-state index contributed by atoms with van der Waals surface area (Å²) in [7, 11) is -1.88. The maximum Gasteiger partial charge on any atom is 0.261 e. The first-order valence-electron chi connectivity index (χ1n) is 5.62. The molecule has 0 atom stereocenters. The SMILES string of the molecule is CC(C)S(=O)(=O)CCOc1ccc(S(=O)(=O)Cl)cc1Cl. The Morgan fingerprint density at radius 1 is 1.20 bits per heavy atom. The molecule has 20 heavy (non-hydrogen) atoms. The third-order valence-electron chi connectivity index (χ3n) is 2.53. The second kappa shape index (κ2) is 6.51. The number of hydrogen-bond donors (Lipinski definition) is 0. The summed E-state index contributed by atoms with van der Waals surface area (Å²) in [5.74, 6) is 0.0611. The lowest BCUT2D eigenvalue weighted by molar-refractivity contribution is 0.340. The molecule has 0 radical (unpaired) electrons. The van der Waals surface area contributed by atoms with Gasteiger partial charge in [-0.3, -0.25) is 0 Å². The van der Waals surface area contributed by atoms with E-state index in [1.165, 1.54) is 12.1 Å². The fraction of sp³-hybridized carbons (Fsp3) is 0.455. The molecular weight excluding hydrogens is 347 g/mol. The van der Waals surface area contributed by atoms with E-state index in [-0.39, 0.29) is 28.0 Å². The summed E-state index contributed by atoms with van der Waals surface area (Å²) < 4.78 is 50.6. The van der Waals surface area contributed by atoms with E-state index in [0.717, 1.165) is 6.07 Å². The zero-order valence-corrected chi connectivity index (χ0v) is 14.0. The zero-order valence-electron chi connectivity index (χ0n) is 10.8. The standard InChI is InChI=1S/C11H14Cl2O5S2/c1-8(2)19(14,15)6-5-18-11-4-3-9(7-10(11)12)20(13,16)17/h3-4,7-8H,5-6H2,1-2H3. The predicted molar refractivity (Wildman–Crippen MR) is 78.9 cm³/mol. The van der Waals surface area contributed by atoms with Crippen LogP contribution in [0, 0.1) is 0 Å². The molecule has 0 aliphatic heterocycles. The molecule has 0 spiro atoms. The topological polar surface area (TPSA) is 77.5 Å². The summed E-state index contributed by atoms with van der Waals surface area (Å²) in [6.07, 6.45) is 0. The number of halogens is 2. The van der Waals surface area contributed by atoms with Gasteiger partial charge in [0.15, 0.2) is 9.84 Å². The third-order valence-corrected chi connectivity index (χ3v) is 6.35. The van der Waals surface area contributed by atoms with Gasteiger partial charge >= 0.3 is 0 Å². The summed E-state index contributed by atoms with van der Waals surface area (Å²) in [4.78, 5) is -0.147. The molecule has 114 valence electrons. The normalized spacial score (nSPS) is 12.7. The van der Waals surface area contributed by atoms with E-state index in [4.69, 9.17) is 27.0 Å². The fourth-order valence-electron chi connectivity index (χ4n) is 1.25. The molecule has 5 nitrogen and oxygen atoms in total. The Labute approximate surface area is 128 Å². The van der Waals surface area contributed by atoms with Crippen molar-refractivity contribution in [3.05, 3.63) is 23.2 Å². The van der Waals surface area contributed by atoms with Gasteiger partial charge in [-0.2, -0.15) is 0 Å². The minimum atomic E-state index is -3.86. The first-order chi connectivity index (χ1) is 9.04. The van der Waals surface area contributed by atoms with Crippen LogP contribution in [0.25, 0.3) is 0 Å². The van der Waals surface area contributed by atoms with Gasteiger partial charge < -0.3 is 4.74 Å². The second-order valence-corrected chi connectivity index (χ2v) is 9.94. The molecule has 0 bridgehead atoms. The molecule has 0 heterocycles. The lowest BCUT2D eigenvalue weighted by Gasteiger charge is -2.10. The molecule has 0 amide bonds. The van der Waals surface area contributed by atoms with E-state index in [0.29, 0.717) is 0 Å². The van der Waals surface area contributed by atoms with E-state index in [1.54, 1.807) is 13.8 Å². The molecule has 0 N–H and O–H groups in total. The summed E-state index contributed by atoms with van der Waals surface area (Å²) in [6, 6.07) is 3.72. The van der Waals surface area contributed by atoms with E-state index in [2.05, 4.69) is 0 Å². The van der Waals surface area contributed by atoms with Gasteiger partial charge in [0.2, 0.25) is 0 Å².